The number of fused-ring (bicyclic) bond motifs is 1. The number of carbonyl (C=O) groups is 1. The molecule has 0 bridgehead atoms. The number of amides is 1. The normalized spacial score (nSPS) is 18.7. The maximum atomic E-state index is 12.7. The Morgan fingerprint density at radius 1 is 1.48 bits per heavy atom. The zero-order valence-electron chi connectivity index (χ0n) is 15.8. The van der Waals surface area contributed by atoms with Crippen LogP contribution in [0.4, 0.5) is 0 Å². The average molecular weight is 344 g/mol. The highest BCUT2D eigenvalue weighted by molar-refractivity contribution is 5.94. The summed E-state index contributed by atoms with van der Waals surface area (Å²) in [6.45, 7) is 11.5. The van der Waals surface area contributed by atoms with Gasteiger partial charge in [0.25, 0.3) is 5.91 Å². The second-order valence-electron chi connectivity index (χ2n) is 8.03. The molecule has 1 amide bonds. The first-order chi connectivity index (χ1) is 11.8. The second-order valence-corrected chi connectivity index (χ2v) is 8.03. The molecule has 2 heterocycles. The summed E-state index contributed by atoms with van der Waals surface area (Å²) >= 11 is 0. The van der Waals surface area contributed by atoms with Gasteiger partial charge in [0.05, 0.1) is 11.7 Å². The third kappa shape index (κ3) is 3.62. The Morgan fingerprint density at radius 3 is 2.88 bits per heavy atom. The Kier molecular flexibility index (Phi) is 4.71. The van der Waals surface area contributed by atoms with E-state index in [2.05, 4.69) is 36.3 Å². The summed E-state index contributed by atoms with van der Waals surface area (Å²) in [5.41, 5.74) is 2.48. The van der Waals surface area contributed by atoms with Crippen molar-refractivity contribution in [2.75, 3.05) is 0 Å². The van der Waals surface area contributed by atoms with Gasteiger partial charge in [0, 0.05) is 24.7 Å². The Bertz CT molecular complexity index is 754. The first-order valence-electron chi connectivity index (χ1n) is 9.11. The molecule has 1 aliphatic carbocycles. The highest BCUT2D eigenvalue weighted by atomic mass is 16.5. The minimum Gasteiger partial charge on any atom is -0.360 e. The zero-order chi connectivity index (χ0) is 18.2. The molecule has 136 valence electrons. The summed E-state index contributed by atoms with van der Waals surface area (Å²) in [5.74, 6) is 1.22. The number of nitrogens with one attached hydrogen (secondary N) is 1. The molecule has 25 heavy (non-hydrogen) atoms. The standard InChI is InChI=1S/C19H28N4O2/c1-6-23-10-9-15(21-23)12(2)20-18(24)17-14-11-13(19(3,4)5)7-8-16(14)25-22-17/h9-10,12-13H,6-8,11H2,1-5H3,(H,20,24). The number of carbonyl (C=O) groups excluding carboxylic acids is 1. The lowest BCUT2D eigenvalue weighted by molar-refractivity contribution is 0.0928. The SMILES string of the molecule is CCn1ccc(C(C)NC(=O)c2noc3c2CC(C(C)(C)C)CC3)n1. The quantitative estimate of drug-likeness (QED) is 0.921. The smallest absolute Gasteiger partial charge is 0.274 e. The number of rotatable bonds is 4. The lowest BCUT2D eigenvalue weighted by Crippen LogP contribution is -2.31. The molecule has 2 aromatic rings. The molecule has 3 rings (SSSR count). The summed E-state index contributed by atoms with van der Waals surface area (Å²) in [6, 6.07) is 1.76. The van der Waals surface area contributed by atoms with Crippen molar-refractivity contribution in [2.24, 2.45) is 11.3 Å². The molecular weight excluding hydrogens is 316 g/mol. The van der Waals surface area contributed by atoms with Crippen LogP contribution in [0.5, 0.6) is 0 Å². The lowest BCUT2D eigenvalue weighted by atomic mass is 9.71. The fraction of sp³-hybridized carbons (Fsp3) is 0.632. The molecule has 0 spiro atoms. The fourth-order valence-corrected chi connectivity index (χ4v) is 3.44. The summed E-state index contributed by atoms with van der Waals surface area (Å²) in [6.07, 6.45) is 4.71. The van der Waals surface area contributed by atoms with Crippen molar-refractivity contribution in [3.05, 3.63) is 35.0 Å². The van der Waals surface area contributed by atoms with Crippen molar-refractivity contribution in [1.29, 1.82) is 0 Å². The molecular formula is C19H28N4O2. The van der Waals surface area contributed by atoms with E-state index in [1.54, 1.807) is 0 Å². The van der Waals surface area contributed by atoms with Crippen LogP contribution in [0.3, 0.4) is 0 Å². The van der Waals surface area contributed by atoms with Crippen LogP contribution >= 0.6 is 0 Å². The van der Waals surface area contributed by atoms with Gasteiger partial charge in [0.1, 0.15) is 5.76 Å². The van der Waals surface area contributed by atoms with Crippen molar-refractivity contribution in [3.8, 4) is 0 Å². The molecule has 0 saturated heterocycles. The zero-order valence-corrected chi connectivity index (χ0v) is 15.8. The van der Waals surface area contributed by atoms with Crippen molar-refractivity contribution < 1.29 is 9.32 Å². The highest BCUT2D eigenvalue weighted by Crippen LogP contribution is 2.38. The minimum absolute atomic E-state index is 0.172. The molecule has 2 atom stereocenters. The Morgan fingerprint density at radius 2 is 2.24 bits per heavy atom. The molecule has 6 heteroatoms. The predicted molar refractivity (Wildman–Crippen MR) is 95.3 cm³/mol. The molecule has 0 saturated carbocycles. The van der Waals surface area contributed by atoms with E-state index in [1.807, 2.05) is 30.8 Å². The molecule has 0 aromatic carbocycles. The van der Waals surface area contributed by atoms with Gasteiger partial charge in [0.15, 0.2) is 5.69 Å². The van der Waals surface area contributed by atoms with E-state index in [0.717, 1.165) is 42.8 Å². The molecule has 2 unspecified atom stereocenters. The van der Waals surface area contributed by atoms with Gasteiger partial charge in [0.2, 0.25) is 0 Å². The van der Waals surface area contributed by atoms with E-state index in [4.69, 9.17) is 4.52 Å². The summed E-state index contributed by atoms with van der Waals surface area (Å²) < 4.78 is 7.30. The third-order valence-corrected chi connectivity index (χ3v) is 5.26. The van der Waals surface area contributed by atoms with E-state index in [0.29, 0.717) is 11.6 Å². The number of aromatic nitrogens is 3. The van der Waals surface area contributed by atoms with Gasteiger partial charge in [-0.2, -0.15) is 5.10 Å². The second kappa shape index (κ2) is 6.65. The summed E-state index contributed by atoms with van der Waals surface area (Å²) in [4.78, 5) is 12.7. The molecule has 0 fully saturated rings. The first kappa shape index (κ1) is 17.7. The molecule has 1 aliphatic rings. The van der Waals surface area contributed by atoms with Crippen LogP contribution in [0.1, 0.15) is 74.6 Å². The number of nitrogens with zero attached hydrogens (tertiary/aromatic N) is 3. The Labute approximate surface area is 149 Å². The van der Waals surface area contributed by atoms with Crippen LogP contribution in [0.15, 0.2) is 16.8 Å². The largest absolute Gasteiger partial charge is 0.360 e. The van der Waals surface area contributed by atoms with Gasteiger partial charge < -0.3 is 9.84 Å². The number of hydrogen-bond donors (Lipinski definition) is 1. The third-order valence-electron chi connectivity index (χ3n) is 5.26. The van der Waals surface area contributed by atoms with Crippen LogP contribution in [0.2, 0.25) is 0 Å². The van der Waals surface area contributed by atoms with Gasteiger partial charge in [-0.05, 0) is 44.1 Å². The van der Waals surface area contributed by atoms with E-state index < -0.39 is 0 Å². The maximum absolute atomic E-state index is 12.7. The van der Waals surface area contributed by atoms with Gasteiger partial charge >= 0.3 is 0 Å². The molecule has 2 aromatic heterocycles. The minimum atomic E-state index is -0.182. The van der Waals surface area contributed by atoms with Crippen LogP contribution < -0.4 is 5.32 Å². The van der Waals surface area contributed by atoms with E-state index in [-0.39, 0.29) is 17.4 Å². The molecule has 0 radical (unpaired) electrons. The van der Waals surface area contributed by atoms with Crippen LogP contribution in [0, 0.1) is 11.3 Å². The van der Waals surface area contributed by atoms with Gasteiger partial charge in [-0.25, -0.2) is 0 Å². The first-order valence-corrected chi connectivity index (χ1v) is 9.11. The van der Waals surface area contributed by atoms with Crippen molar-refractivity contribution >= 4 is 5.91 Å². The van der Waals surface area contributed by atoms with Crippen LogP contribution in [0.25, 0.3) is 0 Å². The van der Waals surface area contributed by atoms with Gasteiger partial charge in [-0.1, -0.05) is 25.9 Å². The van der Waals surface area contributed by atoms with E-state index in [1.165, 1.54) is 0 Å². The molecule has 1 N–H and O–H groups in total. The number of aryl methyl sites for hydroxylation is 2. The van der Waals surface area contributed by atoms with Gasteiger partial charge in [-0.15, -0.1) is 0 Å². The topological polar surface area (TPSA) is 73.0 Å². The van der Waals surface area contributed by atoms with E-state index >= 15 is 0 Å². The Hall–Kier alpha value is -2.11. The fourth-order valence-electron chi connectivity index (χ4n) is 3.44. The molecule has 6 nitrogen and oxygen atoms in total. The summed E-state index contributed by atoms with van der Waals surface area (Å²) in [7, 11) is 0. The van der Waals surface area contributed by atoms with Crippen molar-refractivity contribution in [1.82, 2.24) is 20.3 Å². The van der Waals surface area contributed by atoms with Crippen molar-refractivity contribution in [3.63, 3.8) is 0 Å². The Balaban J connectivity index is 1.74. The van der Waals surface area contributed by atoms with Gasteiger partial charge in [-0.3, -0.25) is 9.48 Å². The van der Waals surface area contributed by atoms with Crippen LogP contribution in [-0.2, 0) is 19.4 Å². The monoisotopic (exact) mass is 344 g/mol. The summed E-state index contributed by atoms with van der Waals surface area (Å²) in [5, 5.41) is 11.5. The predicted octanol–water partition coefficient (Wildman–Crippen LogP) is 3.53. The van der Waals surface area contributed by atoms with E-state index in [9.17, 15) is 4.79 Å². The average Bonchev–Trinajstić information content (AvgIpc) is 3.20. The van der Waals surface area contributed by atoms with Crippen LogP contribution in [-0.4, -0.2) is 20.8 Å². The lowest BCUT2D eigenvalue weighted by Gasteiger charge is -2.33. The number of hydrogen-bond acceptors (Lipinski definition) is 4. The molecule has 0 aliphatic heterocycles. The maximum Gasteiger partial charge on any atom is 0.274 e. The highest BCUT2D eigenvalue weighted by Gasteiger charge is 2.34. The van der Waals surface area contributed by atoms with Crippen molar-refractivity contribution in [2.45, 2.75) is 66.5 Å².